The fourth-order valence-corrected chi connectivity index (χ4v) is 11.6. The highest BCUT2D eigenvalue weighted by atomic mass is 31.2. The van der Waals surface area contributed by atoms with Crippen LogP contribution in [0, 0.1) is 0 Å². The lowest BCUT2D eigenvalue weighted by molar-refractivity contribution is -0.151. The second-order valence-electron chi connectivity index (χ2n) is 26.3. The summed E-state index contributed by atoms with van der Waals surface area (Å²) in [5.41, 5.74) is -1.50. The van der Waals surface area contributed by atoms with Gasteiger partial charge in [-0.15, -0.1) is 13.2 Å². The molecule has 0 aromatic rings. The van der Waals surface area contributed by atoms with Crippen LogP contribution in [0.5, 0.6) is 0 Å². The van der Waals surface area contributed by atoms with E-state index in [0.29, 0.717) is 38.9 Å². The van der Waals surface area contributed by atoms with Gasteiger partial charge in [-0.1, -0.05) is 194 Å². The summed E-state index contributed by atoms with van der Waals surface area (Å²) in [7, 11) is -3.93. The fraction of sp³-hybridized carbons (Fsp3) is 0.873. The van der Waals surface area contributed by atoms with Gasteiger partial charge in [-0.25, -0.2) is 14.4 Å². The lowest BCUT2D eigenvalue weighted by atomic mass is 10.1. The predicted molar refractivity (Wildman–Crippen MR) is 379 cm³/mol. The van der Waals surface area contributed by atoms with Crippen LogP contribution < -0.4 is 21.3 Å². The summed E-state index contributed by atoms with van der Waals surface area (Å²) in [5, 5.41) is 11.2. The Morgan fingerprint density at radius 2 is 0.713 bits per heavy atom. The van der Waals surface area contributed by atoms with Gasteiger partial charge in [0.1, 0.15) is 23.4 Å². The lowest BCUT2D eigenvalue weighted by Crippen LogP contribution is -2.44. The number of hydrogen-bond acceptors (Lipinski definition) is 17. The first-order chi connectivity index (χ1) is 45.3. The Kier molecular flexibility index (Phi) is 61.1. The normalized spacial score (nSPS) is 13.6. The van der Waals surface area contributed by atoms with Crippen molar-refractivity contribution >= 4 is 47.4 Å². The van der Waals surface area contributed by atoms with Crippen LogP contribution in [0.25, 0.3) is 0 Å². The molecule has 4 N–H and O–H groups in total. The van der Waals surface area contributed by atoms with Gasteiger partial charge in [0.15, 0.2) is 0 Å². The SMILES string of the molecule is C=CCOP(OCCNC(=O)NCCOP(OCC=C)OC[C@@H](COCC[C@@H](CCCCCCC)OC(=O)CCCCCCCCCCC)NC(=O)OC(C)(C)C)OC[C@@H](COCC[C@@H](CCCCCCC)OC(=O)CCCCCCCCCCC)NC(=O)OC(C)(C)C. The molecule has 0 bridgehead atoms. The molecule has 94 heavy (non-hydrogen) atoms. The number of hydrogen-bond donors (Lipinski definition) is 4. The first-order valence-corrected chi connectivity index (χ1v) is 38.6. The number of amides is 4. The van der Waals surface area contributed by atoms with Crippen molar-refractivity contribution in [2.45, 2.75) is 323 Å². The molecule has 0 aliphatic heterocycles. The van der Waals surface area contributed by atoms with Crippen molar-refractivity contribution in [3.8, 4) is 0 Å². The molecule has 0 fully saturated rings. The van der Waals surface area contributed by atoms with E-state index in [1.165, 1.54) is 89.9 Å². The van der Waals surface area contributed by atoms with E-state index < -0.39 is 58.7 Å². The first-order valence-electron chi connectivity index (χ1n) is 36.4. The van der Waals surface area contributed by atoms with E-state index in [1.807, 2.05) is 0 Å². The van der Waals surface area contributed by atoms with Gasteiger partial charge in [-0.05, 0) is 80.1 Å². The largest absolute Gasteiger partial charge is 0.462 e. The third kappa shape index (κ3) is 62.3. The molecule has 0 aromatic heterocycles. The summed E-state index contributed by atoms with van der Waals surface area (Å²) in [6, 6.07) is -1.81. The van der Waals surface area contributed by atoms with E-state index in [-0.39, 0.29) is 90.1 Å². The van der Waals surface area contributed by atoms with E-state index >= 15 is 0 Å². The van der Waals surface area contributed by atoms with Gasteiger partial charge >= 0.3 is 47.4 Å². The summed E-state index contributed by atoms with van der Waals surface area (Å²) in [6.45, 7) is 28.1. The molecule has 0 radical (unpaired) electrons. The van der Waals surface area contributed by atoms with Crippen LogP contribution in [0.1, 0.15) is 288 Å². The van der Waals surface area contributed by atoms with Gasteiger partial charge in [-0.3, -0.25) is 9.59 Å². The second-order valence-corrected chi connectivity index (χ2v) is 28.7. The zero-order valence-corrected chi connectivity index (χ0v) is 62.5. The number of nitrogens with one attached hydrogen (secondary N) is 4. The van der Waals surface area contributed by atoms with Crippen LogP contribution in [0.3, 0.4) is 0 Å². The second kappa shape index (κ2) is 63.2. The maximum Gasteiger partial charge on any atom is 0.408 e. The Morgan fingerprint density at radius 1 is 0.394 bits per heavy atom. The Morgan fingerprint density at radius 3 is 1.03 bits per heavy atom. The van der Waals surface area contributed by atoms with Gasteiger partial charge in [0.2, 0.25) is 0 Å². The summed E-state index contributed by atoms with van der Waals surface area (Å²) in [4.78, 5) is 64.9. The molecule has 0 spiro atoms. The third-order valence-electron chi connectivity index (χ3n) is 14.6. The Hall–Kier alpha value is -3.23. The van der Waals surface area contributed by atoms with Crippen molar-refractivity contribution in [1.29, 1.82) is 0 Å². The Labute approximate surface area is 573 Å². The lowest BCUT2D eigenvalue weighted by Gasteiger charge is -2.25. The molecule has 0 aliphatic rings. The van der Waals surface area contributed by atoms with E-state index in [1.54, 1.807) is 53.7 Å². The molecule has 552 valence electrons. The highest BCUT2D eigenvalue weighted by Crippen LogP contribution is 2.40. The van der Waals surface area contributed by atoms with Crippen molar-refractivity contribution in [3.05, 3.63) is 25.3 Å². The minimum absolute atomic E-state index is 0.0223. The number of rotatable bonds is 66. The predicted octanol–water partition coefficient (Wildman–Crippen LogP) is 18.2. The summed E-state index contributed by atoms with van der Waals surface area (Å²) in [5.74, 6) is -0.331. The zero-order chi connectivity index (χ0) is 69.6. The number of carbonyl (C=O) groups excluding carboxylic acids is 5. The average Bonchev–Trinajstić information content (AvgIpc) is 1.31. The van der Waals surface area contributed by atoms with E-state index in [9.17, 15) is 24.0 Å². The molecule has 0 saturated carbocycles. The molecule has 6 atom stereocenters. The van der Waals surface area contributed by atoms with Crippen molar-refractivity contribution < 1.29 is 79.5 Å². The quantitative estimate of drug-likeness (QED) is 0.0145. The molecule has 4 amide bonds. The van der Waals surface area contributed by atoms with Crippen LogP contribution in [-0.4, -0.2) is 145 Å². The Bertz CT molecular complexity index is 1720. The molecule has 0 aromatic carbocycles. The Balaban J connectivity index is 5.47. The molecular weight excluding hydrogens is 1240 g/mol. The van der Waals surface area contributed by atoms with Gasteiger partial charge in [-0.2, -0.15) is 0 Å². The number of unbranched alkanes of at least 4 members (excludes halogenated alkanes) is 24. The van der Waals surface area contributed by atoms with Crippen molar-refractivity contribution in [1.82, 2.24) is 21.3 Å². The van der Waals surface area contributed by atoms with Gasteiger partial charge in [0.05, 0.1) is 78.2 Å². The first kappa shape index (κ1) is 90.8. The van der Waals surface area contributed by atoms with Crippen LogP contribution >= 0.6 is 17.2 Å². The van der Waals surface area contributed by atoms with Gasteiger partial charge in [0, 0.05) is 38.8 Å². The minimum Gasteiger partial charge on any atom is -0.462 e. The van der Waals surface area contributed by atoms with Crippen molar-refractivity contribution in [2.75, 3.05) is 79.2 Å². The van der Waals surface area contributed by atoms with Crippen LogP contribution in [-0.2, 0) is 65.2 Å². The fourth-order valence-electron chi connectivity index (χ4n) is 9.60. The maximum absolute atomic E-state index is 13.0. The highest BCUT2D eigenvalue weighted by Gasteiger charge is 2.26. The van der Waals surface area contributed by atoms with Crippen molar-refractivity contribution in [3.63, 3.8) is 0 Å². The summed E-state index contributed by atoms with van der Waals surface area (Å²) in [6.07, 6.45) is 36.8. The van der Waals surface area contributed by atoms with Crippen LogP contribution in [0.15, 0.2) is 25.3 Å². The smallest absolute Gasteiger partial charge is 0.408 e. The molecule has 0 aliphatic carbocycles. The summed E-state index contributed by atoms with van der Waals surface area (Å²) >= 11 is 0. The van der Waals surface area contributed by atoms with E-state index in [2.05, 4.69) is 62.1 Å². The third-order valence-corrected chi connectivity index (χ3v) is 16.8. The topological polar surface area (TPSA) is 244 Å². The highest BCUT2D eigenvalue weighted by molar-refractivity contribution is 7.41. The molecule has 0 heterocycles. The number of ether oxygens (including phenoxy) is 6. The van der Waals surface area contributed by atoms with E-state index in [4.69, 9.17) is 55.6 Å². The molecule has 2 unspecified atom stereocenters. The molecule has 0 saturated heterocycles. The molecule has 21 nitrogen and oxygen atoms in total. The van der Waals surface area contributed by atoms with Gasteiger partial charge in [0.25, 0.3) is 0 Å². The standard InChI is InChI=1S/C71H136N4O17P2/c1-13-19-23-27-29-31-33-37-41-45-65(76)89-63(43-39-35-25-21-15-3)47-53-81-57-61(74-68(79)91-70(7,8)9)59-87-93(83-51-17-5)85-55-49-72-67(78)73-50-56-86-94(84-52-18-6)88-60-62(75-69(80)92-71(10,11)12)58-82-54-48-64(44-40-36-26-22-16-4)90-66(77)46-42-38-34-32-30-28-24-20-14-2/h17-18,61-64H,5-6,13-16,19-60H2,1-4,7-12H3,(H,74,79)(H,75,80)(H2,72,73,78)/t61-,62-,63-,64-,93?,94?/m1/s1. The zero-order valence-electron chi connectivity index (χ0n) is 60.7. The van der Waals surface area contributed by atoms with Crippen LogP contribution in [0.4, 0.5) is 14.4 Å². The molecular formula is C71H136N4O17P2. The van der Waals surface area contributed by atoms with E-state index in [0.717, 1.165) is 103 Å². The number of carbonyl (C=O) groups is 5. The monoisotopic (exact) mass is 1380 g/mol. The maximum atomic E-state index is 13.0. The molecule has 23 heteroatoms. The molecule has 0 rings (SSSR count). The van der Waals surface area contributed by atoms with Gasteiger partial charge < -0.3 is 76.8 Å². The number of urea groups is 1. The summed E-state index contributed by atoms with van der Waals surface area (Å²) < 4.78 is 71.0. The van der Waals surface area contributed by atoms with Crippen LogP contribution in [0.2, 0.25) is 0 Å². The minimum atomic E-state index is -1.97. The number of esters is 2. The average molecular weight is 1380 g/mol. The number of alkyl carbamates (subject to hydrolysis) is 2. The van der Waals surface area contributed by atoms with Crippen molar-refractivity contribution in [2.24, 2.45) is 0 Å².